The van der Waals surface area contributed by atoms with Crippen LogP contribution in [-0.2, 0) is 6.42 Å². The smallest absolute Gasteiger partial charge is 0.148 e. The number of hydrogen-bond acceptors (Lipinski definition) is 7. The summed E-state index contributed by atoms with van der Waals surface area (Å²) < 4.78 is 5.72. The van der Waals surface area contributed by atoms with Gasteiger partial charge in [0.2, 0.25) is 0 Å². The van der Waals surface area contributed by atoms with Gasteiger partial charge in [-0.1, -0.05) is 29.5 Å². The van der Waals surface area contributed by atoms with Crippen LogP contribution in [0.1, 0.15) is 43.0 Å². The van der Waals surface area contributed by atoms with Crippen molar-refractivity contribution < 1.29 is 4.74 Å². The van der Waals surface area contributed by atoms with Crippen LogP contribution in [-0.4, -0.2) is 23.3 Å². The number of nitrogens with one attached hydrogen (secondary N) is 2. The van der Waals surface area contributed by atoms with Crippen molar-refractivity contribution in [3.63, 3.8) is 0 Å². The highest BCUT2D eigenvalue weighted by atomic mass is 32.1. The van der Waals surface area contributed by atoms with Crippen molar-refractivity contribution in [3.05, 3.63) is 53.1 Å². The topological polar surface area (TPSA) is 82.9 Å². The number of ether oxygens (including phenoxy) is 1. The largest absolute Gasteiger partial charge is 0.490 e. The van der Waals surface area contributed by atoms with Gasteiger partial charge < -0.3 is 4.74 Å². The molecule has 1 aromatic heterocycles. The molecule has 1 aliphatic rings. The molecule has 0 saturated carbocycles. The average molecular weight is 406 g/mol. The summed E-state index contributed by atoms with van der Waals surface area (Å²) in [5.41, 5.74) is 11.5. The van der Waals surface area contributed by atoms with Crippen LogP contribution in [0.2, 0.25) is 0 Å². The first kappa shape index (κ1) is 19.5. The Bertz CT molecular complexity index is 1070. The van der Waals surface area contributed by atoms with Crippen molar-refractivity contribution >= 4 is 11.3 Å². The fourth-order valence-corrected chi connectivity index (χ4v) is 4.63. The first-order valence-electron chi connectivity index (χ1n) is 9.69. The zero-order valence-electron chi connectivity index (χ0n) is 16.7. The van der Waals surface area contributed by atoms with E-state index in [2.05, 4.69) is 45.3 Å². The van der Waals surface area contributed by atoms with Crippen LogP contribution in [0.5, 0.6) is 5.75 Å². The molecule has 0 fully saturated rings. The molecule has 3 aromatic rings. The van der Waals surface area contributed by atoms with Gasteiger partial charge in [0.1, 0.15) is 21.8 Å². The lowest BCUT2D eigenvalue weighted by atomic mass is 10.0. The standard InChI is InChI=1S/C22H23N5OS/c1-13(2)28-20-10-7-14(11-15(20)12-23)21-26-27-22(29-21)18-6-4-5-17-16(18)8-9-19(17)25-24-3/h4-7,10-11,13,19,24-25H,8-9H2,1-3H3. The lowest BCUT2D eigenvalue weighted by Gasteiger charge is -2.13. The zero-order valence-corrected chi connectivity index (χ0v) is 17.5. The van der Waals surface area contributed by atoms with E-state index in [1.165, 1.54) is 11.1 Å². The number of aromatic nitrogens is 2. The highest BCUT2D eigenvalue weighted by Crippen LogP contribution is 2.40. The minimum absolute atomic E-state index is 0.0162. The van der Waals surface area contributed by atoms with Gasteiger partial charge in [-0.2, -0.15) is 5.26 Å². The molecular weight excluding hydrogens is 382 g/mol. The van der Waals surface area contributed by atoms with Gasteiger partial charge >= 0.3 is 0 Å². The van der Waals surface area contributed by atoms with Gasteiger partial charge in [-0.05, 0) is 63.1 Å². The van der Waals surface area contributed by atoms with Crippen molar-refractivity contribution in [2.75, 3.05) is 7.05 Å². The Morgan fingerprint density at radius 2 is 2.03 bits per heavy atom. The fraction of sp³-hybridized carbons (Fsp3) is 0.318. The van der Waals surface area contributed by atoms with Gasteiger partial charge in [-0.25, -0.2) is 0 Å². The second-order valence-corrected chi connectivity index (χ2v) is 8.24. The van der Waals surface area contributed by atoms with E-state index in [1.807, 2.05) is 39.1 Å². The maximum atomic E-state index is 9.49. The number of nitriles is 1. The van der Waals surface area contributed by atoms with E-state index < -0.39 is 0 Å². The quantitative estimate of drug-likeness (QED) is 0.597. The number of fused-ring (bicyclic) bond motifs is 1. The molecule has 29 heavy (non-hydrogen) atoms. The van der Waals surface area contributed by atoms with Crippen LogP contribution in [0.15, 0.2) is 36.4 Å². The molecule has 0 radical (unpaired) electrons. The third-order valence-electron chi connectivity index (χ3n) is 4.95. The first-order valence-corrected chi connectivity index (χ1v) is 10.5. The van der Waals surface area contributed by atoms with Crippen molar-refractivity contribution in [2.45, 2.75) is 38.8 Å². The third kappa shape index (κ3) is 3.87. The Balaban J connectivity index is 1.66. The molecule has 0 bridgehead atoms. The van der Waals surface area contributed by atoms with Crippen LogP contribution in [0, 0.1) is 11.3 Å². The van der Waals surface area contributed by atoms with Crippen LogP contribution in [0.4, 0.5) is 0 Å². The molecule has 1 heterocycles. The monoisotopic (exact) mass is 405 g/mol. The minimum Gasteiger partial charge on any atom is -0.490 e. The average Bonchev–Trinajstić information content (AvgIpc) is 3.36. The van der Waals surface area contributed by atoms with Crippen molar-refractivity contribution in [2.24, 2.45) is 0 Å². The van der Waals surface area contributed by atoms with E-state index in [0.717, 1.165) is 34.0 Å². The van der Waals surface area contributed by atoms with Gasteiger partial charge in [0.05, 0.1) is 11.7 Å². The van der Waals surface area contributed by atoms with E-state index in [4.69, 9.17) is 4.74 Å². The fourth-order valence-electron chi connectivity index (χ4n) is 3.73. The molecule has 1 aliphatic carbocycles. The minimum atomic E-state index is 0.0162. The predicted molar refractivity (Wildman–Crippen MR) is 115 cm³/mol. The van der Waals surface area contributed by atoms with Crippen molar-refractivity contribution in [1.29, 1.82) is 5.26 Å². The lowest BCUT2D eigenvalue weighted by molar-refractivity contribution is 0.242. The maximum absolute atomic E-state index is 9.49. The Labute approximate surface area is 174 Å². The summed E-state index contributed by atoms with van der Waals surface area (Å²) in [6.45, 7) is 3.89. The molecule has 2 N–H and O–H groups in total. The Morgan fingerprint density at radius 3 is 2.79 bits per heavy atom. The third-order valence-corrected chi connectivity index (χ3v) is 5.96. The Hall–Kier alpha value is -2.79. The van der Waals surface area contributed by atoms with Crippen LogP contribution >= 0.6 is 11.3 Å². The molecule has 1 unspecified atom stereocenters. The van der Waals surface area contributed by atoms with E-state index in [1.54, 1.807) is 11.3 Å². The van der Waals surface area contributed by atoms with Crippen LogP contribution < -0.4 is 15.6 Å². The van der Waals surface area contributed by atoms with Crippen molar-refractivity contribution in [1.82, 2.24) is 21.0 Å². The van der Waals surface area contributed by atoms with Gasteiger partial charge in [-0.15, -0.1) is 10.2 Å². The Morgan fingerprint density at radius 1 is 1.21 bits per heavy atom. The molecule has 0 aliphatic heterocycles. The number of hydrogen-bond donors (Lipinski definition) is 2. The number of hydrazine groups is 1. The van der Waals surface area contributed by atoms with E-state index in [9.17, 15) is 5.26 Å². The zero-order chi connectivity index (χ0) is 20.4. The molecule has 0 saturated heterocycles. The number of nitrogens with zero attached hydrogens (tertiary/aromatic N) is 3. The molecule has 2 aromatic carbocycles. The molecule has 1 atom stereocenters. The predicted octanol–water partition coefficient (Wildman–Crippen LogP) is 4.24. The van der Waals surface area contributed by atoms with E-state index in [0.29, 0.717) is 17.4 Å². The summed E-state index contributed by atoms with van der Waals surface area (Å²) in [4.78, 5) is 0. The Kier molecular flexibility index (Phi) is 5.58. The van der Waals surface area contributed by atoms with Gasteiger partial charge in [-0.3, -0.25) is 10.9 Å². The van der Waals surface area contributed by atoms with Crippen LogP contribution in [0.3, 0.4) is 0 Å². The SMILES string of the molecule is CNNC1CCc2c(-c3nnc(-c4ccc(OC(C)C)c(C#N)c4)s3)cccc21. The molecule has 148 valence electrons. The summed E-state index contributed by atoms with van der Waals surface area (Å²) in [5, 5.41) is 20.0. The molecule has 0 spiro atoms. The van der Waals surface area contributed by atoms with E-state index in [-0.39, 0.29) is 6.10 Å². The van der Waals surface area contributed by atoms with Crippen LogP contribution in [0.25, 0.3) is 21.1 Å². The van der Waals surface area contributed by atoms with Gasteiger partial charge in [0.25, 0.3) is 0 Å². The summed E-state index contributed by atoms with van der Waals surface area (Å²) in [7, 11) is 1.89. The molecule has 0 amide bonds. The van der Waals surface area contributed by atoms with Crippen molar-refractivity contribution in [3.8, 4) is 33.0 Å². The van der Waals surface area contributed by atoms with E-state index >= 15 is 0 Å². The normalized spacial score (nSPS) is 15.3. The molecule has 7 heteroatoms. The summed E-state index contributed by atoms with van der Waals surface area (Å²) in [5.74, 6) is 0.597. The number of rotatable bonds is 6. The molecular formula is C22H23N5OS. The van der Waals surface area contributed by atoms with Gasteiger partial charge in [0.15, 0.2) is 0 Å². The number of benzene rings is 2. The highest BCUT2D eigenvalue weighted by molar-refractivity contribution is 7.17. The summed E-state index contributed by atoms with van der Waals surface area (Å²) in [6, 6.07) is 14.5. The molecule has 4 rings (SSSR count). The second-order valence-electron chi connectivity index (χ2n) is 7.26. The second kappa shape index (κ2) is 8.29. The summed E-state index contributed by atoms with van der Waals surface area (Å²) >= 11 is 1.55. The summed E-state index contributed by atoms with van der Waals surface area (Å²) in [6.07, 6.45) is 2.09. The highest BCUT2D eigenvalue weighted by Gasteiger charge is 2.25. The molecule has 6 nitrogen and oxygen atoms in total. The first-order chi connectivity index (χ1) is 14.1. The maximum Gasteiger partial charge on any atom is 0.148 e. The van der Waals surface area contributed by atoms with Gasteiger partial charge in [0, 0.05) is 17.2 Å². The lowest BCUT2D eigenvalue weighted by Crippen LogP contribution is -2.30.